The molecule has 4 aromatic rings. The Morgan fingerprint density at radius 2 is 1.94 bits per heavy atom. The Balaban J connectivity index is 1.50. The smallest absolute Gasteiger partial charge is 0.250 e. The molecule has 0 unspecified atom stereocenters. The molecule has 4 rings (SSSR count). The number of amides is 1. The Bertz CT molecular complexity index is 1310. The second kappa shape index (κ2) is 11.4. The fraction of sp³-hybridized carbons (Fsp3) is 0.0870. The minimum atomic E-state index is -0.275. The van der Waals surface area contributed by atoms with Crippen molar-refractivity contribution in [2.75, 3.05) is 12.9 Å². The van der Waals surface area contributed by atoms with E-state index in [4.69, 9.17) is 4.74 Å². The lowest BCUT2D eigenvalue weighted by Crippen LogP contribution is -2.20. The molecule has 172 valence electrons. The zero-order valence-electron chi connectivity index (χ0n) is 17.9. The van der Waals surface area contributed by atoms with E-state index in [1.54, 1.807) is 19.5 Å². The Hall–Kier alpha value is -3.02. The number of pyridine rings is 1. The molecule has 0 radical (unpaired) electrons. The molecule has 11 heteroatoms. The zero-order valence-corrected chi connectivity index (χ0v) is 21.8. The van der Waals surface area contributed by atoms with Gasteiger partial charge in [0.15, 0.2) is 11.0 Å². The summed E-state index contributed by atoms with van der Waals surface area (Å²) in [5.74, 6) is 1.12. The summed E-state index contributed by atoms with van der Waals surface area (Å²) in [6.45, 7) is 0. The summed E-state index contributed by atoms with van der Waals surface area (Å²) in [5, 5.41) is 13.3. The van der Waals surface area contributed by atoms with Gasteiger partial charge in [-0.3, -0.25) is 14.3 Å². The van der Waals surface area contributed by atoms with E-state index in [9.17, 15) is 4.79 Å². The maximum absolute atomic E-state index is 12.4. The largest absolute Gasteiger partial charge is 0.496 e. The van der Waals surface area contributed by atoms with Gasteiger partial charge in [0.2, 0.25) is 0 Å². The van der Waals surface area contributed by atoms with Crippen LogP contribution >= 0.6 is 43.6 Å². The van der Waals surface area contributed by atoms with Gasteiger partial charge in [-0.25, -0.2) is 5.43 Å². The van der Waals surface area contributed by atoms with Gasteiger partial charge < -0.3 is 4.74 Å². The predicted octanol–water partition coefficient (Wildman–Crippen LogP) is 5.11. The topological polar surface area (TPSA) is 94.3 Å². The van der Waals surface area contributed by atoms with Crippen molar-refractivity contribution in [3.8, 4) is 22.8 Å². The average molecular weight is 602 g/mol. The Kier molecular flexibility index (Phi) is 8.09. The number of carbonyl (C=O) groups excluding carboxylic acids is 1. The Morgan fingerprint density at radius 3 is 2.68 bits per heavy atom. The molecule has 0 spiro atoms. The first kappa shape index (κ1) is 24.1. The van der Waals surface area contributed by atoms with Gasteiger partial charge in [0, 0.05) is 38.2 Å². The summed E-state index contributed by atoms with van der Waals surface area (Å²) in [6.07, 6.45) is 4.97. The van der Waals surface area contributed by atoms with Crippen LogP contribution in [-0.4, -0.2) is 44.7 Å². The molecule has 8 nitrogen and oxygen atoms in total. The number of halogens is 2. The number of hydrogen-bond acceptors (Lipinski definition) is 7. The number of thioether (sulfide) groups is 1. The van der Waals surface area contributed by atoms with Crippen molar-refractivity contribution < 1.29 is 9.53 Å². The number of aromatic nitrogens is 4. The first-order chi connectivity index (χ1) is 16.5. The van der Waals surface area contributed by atoms with E-state index in [0.29, 0.717) is 16.7 Å². The normalized spacial score (nSPS) is 11.0. The van der Waals surface area contributed by atoms with Gasteiger partial charge in [0.05, 0.1) is 19.1 Å². The van der Waals surface area contributed by atoms with Crippen molar-refractivity contribution in [1.29, 1.82) is 0 Å². The number of ether oxygens (including phenoxy) is 1. The first-order valence-electron chi connectivity index (χ1n) is 9.95. The van der Waals surface area contributed by atoms with Crippen LogP contribution in [0.25, 0.3) is 17.1 Å². The second-order valence-electron chi connectivity index (χ2n) is 6.83. The standard InChI is InChI=1S/C23H18Br2N6O2S/c1-33-20-9-6-18(25)11-16(20)13-27-28-21(32)14-34-23-30-29-22(15-3-2-10-26-12-15)31(23)19-7-4-17(24)5-8-19/h2-13H,14H2,1H3,(H,28,32). The highest BCUT2D eigenvalue weighted by atomic mass is 79.9. The summed E-state index contributed by atoms with van der Waals surface area (Å²) >= 11 is 8.14. The van der Waals surface area contributed by atoms with Gasteiger partial charge in [-0.2, -0.15) is 5.10 Å². The van der Waals surface area contributed by atoms with Crippen molar-refractivity contribution in [2.24, 2.45) is 5.10 Å². The lowest BCUT2D eigenvalue weighted by atomic mass is 10.2. The Morgan fingerprint density at radius 1 is 1.15 bits per heavy atom. The van der Waals surface area contributed by atoms with Crippen LogP contribution in [0.5, 0.6) is 5.75 Å². The van der Waals surface area contributed by atoms with Gasteiger partial charge in [-0.1, -0.05) is 43.6 Å². The molecular formula is C23H18Br2N6O2S. The van der Waals surface area contributed by atoms with Crippen LogP contribution in [0.1, 0.15) is 5.56 Å². The van der Waals surface area contributed by atoms with Crippen LogP contribution in [0.15, 0.2) is 86.2 Å². The van der Waals surface area contributed by atoms with Crippen molar-refractivity contribution >= 4 is 55.7 Å². The molecule has 2 heterocycles. The number of nitrogens with one attached hydrogen (secondary N) is 1. The summed E-state index contributed by atoms with van der Waals surface area (Å²) in [6, 6.07) is 17.1. The molecule has 0 atom stereocenters. The van der Waals surface area contributed by atoms with Crippen LogP contribution in [0.4, 0.5) is 0 Å². The SMILES string of the molecule is COc1ccc(Br)cc1C=NNC(=O)CSc1nnc(-c2cccnc2)n1-c1ccc(Br)cc1. The third kappa shape index (κ3) is 5.91. The summed E-state index contributed by atoms with van der Waals surface area (Å²) in [4.78, 5) is 16.6. The number of rotatable bonds is 8. The molecule has 0 aliphatic carbocycles. The molecule has 2 aromatic carbocycles. The molecule has 2 aromatic heterocycles. The number of carbonyl (C=O) groups is 1. The van der Waals surface area contributed by atoms with Gasteiger partial charge in [-0.15, -0.1) is 10.2 Å². The third-order valence-electron chi connectivity index (χ3n) is 4.55. The lowest BCUT2D eigenvalue weighted by molar-refractivity contribution is -0.118. The number of methoxy groups -OCH3 is 1. The quantitative estimate of drug-likeness (QED) is 0.171. The number of benzene rings is 2. The predicted molar refractivity (Wildman–Crippen MR) is 139 cm³/mol. The van der Waals surface area contributed by atoms with Gasteiger partial charge in [0.25, 0.3) is 5.91 Å². The summed E-state index contributed by atoms with van der Waals surface area (Å²) in [5.41, 5.74) is 4.97. The van der Waals surface area contributed by atoms with Gasteiger partial charge >= 0.3 is 0 Å². The Labute approximate surface area is 217 Å². The van der Waals surface area contributed by atoms with Crippen molar-refractivity contribution in [3.05, 3.63) is 81.5 Å². The van der Waals surface area contributed by atoms with Crippen LogP contribution < -0.4 is 10.2 Å². The van der Waals surface area contributed by atoms with Gasteiger partial charge in [-0.05, 0) is 54.6 Å². The molecular weight excluding hydrogens is 584 g/mol. The summed E-state index contributed by atoms with van der Waals surface area (Å²) < 4.78 is 9.05. The molecule has 0 aliphatic rings. The molecule has 1 N–H and O–H groups in total. The molecule has 0 aliphatic heterocycles. The van der Waals surface area contributed by atoms with Crippen molar-refractivity contribution in [1.82, 2.24) is 25.2 Å². The van der Waals surface area contributed by atoms with E-state index in [1.165, 1.54) is 18.0 Å². The molecule has 0 bridgehead atoms. The van der Waals surface area contributed by atoms with E-state index >= 15 is 0 Å². The van der Waals surface area contributed by atoms with E-state index in [2.05, 4.69) is 57.6 Å². The maximum atomic E-state index is 12.4. The maximum Gasteiger partial charge on any atom is 0.250 e. The number of hydrogen-bond donors (Lipinski definition) is 1. The van der Waals surface area contributed by atoms with Crippen molar-refractivity contribution in [2.45, 2.75) is 5.16 Å². The van der Waals surface area contributed by atoms with Crippen LogP contribution in [-0.2, 0) is 4.79 Å². The highest BCUT2D eigenvalue weighted by Crippen LogP contribution is 2.28. The van der Waals surface area contributed by atoms with Crippen LogP contribution in [0.2, 0.25) is 0 Å². The lowest BCUT2D eigenvalue weighted by Gasteiger charge is -2.10. The number of nitrogens with zero attached hydrogens (tertiary/aromatic N) is 5. The average Bonchev–Trinajstić information content (AvgIpc) is 3.28. The van der Waals surface area contributed by atoms with Gasteiger partial charge in [0.1, 0.15) is 5.75 Å². The summed E-state index contributed by atoms with van der Waals surface area (Å²) in [7, 11) is 1.58. The highest BCUT2D eigenvalue weighted by molar-refractivity contribution is 9.10. The second-order valence-corrected chi connectivity index (χ2v) is 9.60. The first-order valence-corrected chi connectivity index (χ1v) is 12.5. The highest BCUT2D eigenvalue weighted by Gasteiger charge is 2.17. The third-order valence-corrected chi connectivity index (χ3v) is 6.51. The molecule has 34 heavy (non-hydrogen) atoms. The zero-order chi connectivity index (χ0) is 23.9. The fourth-order valence-corrected chi connectivity index (χ4v) is 4.40. The van der Waals surface area contributed by atoms with E-state index < -0.39 is 0 Å². The van der Waals surface area contributed by atoms with E-state index in [1.807, 2.05) is 59.2 Å². The number of hydrazone groups is 1. The molecule has 1 amide bonds. The molecule has 0 fully saturated rings. The minimum absolute atomic E-state index is 0.106. The van der Waals surface area contributed by atoms with Crippen LogP contribution in [0, 0.1) is 0 Å². The fourth-order valence-electron chi connectivity index (χ4n) is 3.01. The van der Waals surface area contributed by atoms with E-state index in [0.717, 1.165) is 25.8 Å². The monoisotopic (exact) mass is 600 g/mol. The van der Waals surface area contributed by atoms with Crippen molar-refractivity contribution in [3.63, 3.8) is 0 Å². The minimum Gasteiger partial charge on any atom is -0.496 e. The van der Waals surface area contributed by atoms with Crippen LogP contribution in [0.3, 0.4) is 0 Å². The van der Waals surface area contributed by atoms with E-state index in [-0.39, 0.29) is 11.7 Å². The molecule has 0 saturated carbocycles. The molecule has 0 saturated heterocycles.